The highest BCUT2D eigenvalue weighted by atomic mass is 16.1. The fourth-order valence-electron chi connectivity index (χ4n) is 4.03. The van der Waals surface area contributed by atoms with Crippen LogP contribution in [0.3, 0.4) is 0 Å². The second-order valence-corrected chi connectivity index (χ2v) is 6.43. The van der Waals surface area contributed by atoms with Crippen molar-refractivity contribution in [2.45, 2.75) is 51.0 Å². The third-order valence-electron chi connectivity index (χ3n) is 4.98. The average Bonchev–Trinajstić information content (AvgIpc) is 3.10. The minimum Gasteiger partial charge on any atom is -0.298 e. The van der Waals surface area contributed by atoms with Gasteiger partial charge in [0.2, 0.25) is 0 Å². The summed E-state index contributed by atoms with van der Waals surface area (Å²) in [7, 11) is 0. The third kappa shape index (κ3) is 3.29. The second kappa shape index (κ2) is 6.53. The number of ketones is 1. The molecule has 0 amide bonds. The molecule has 20 heavy (non-hydrogen) atoms. The standard InChI is InChI=1S/C18H25NO/c20-17(13-15-7-2-1-3-8-15)14-19-12-6-11-18(19)16-9-4-5-10-16/h1-3,7-8,16,18H,4-6,9-14H2. The molecule has 1 aromatic rings. The molecule has 0 radical (unpaired) electrons. The zero-order valence-electron chi connectivity index (χ0n) is 12.3. The number of likely N-dealkylation sites (tertiary alicyclic amines) is 1. The summed E-state index contributed by atoms with van der Waals surface area (Å²) in [6.07, 6.45) is 8.74. The first-order chi connectivity index (χ1) is 9.83. The molecule has 2 nitrogen and oxygen atoms in total. The lowest BCUT2D eigenvalue weighted by Gasteiger charge is -2.28. The van der Waals surface area contributed by atoms with Crippen molar-refractivity contribution in [2.75, 3.05) is 13.1 Å². The van der Waals surface area contributed by atoms with Gasteiger partial charge in [-0.15, -0.1) is 0 Å². The molecule has 3 rings (SSSR count). The first-order valence-electron chi connectivity index (χ1n) is 8.12. The van der Waals surface area contributed by atoms with E-state index in [9.17, 15) is 4.79 Å². The van der Waals surface area contributed by atoms with Crippen molar-refractivity contribution in [3.8, 4) is 0 Å². The maximum atomic E-state index is 12.3. The largest absolute Gasteiger partial charge is 0.298 e. The highest BCUT2D eigenvalue weighted by molar-refractivity contribution is 5.82. The van der Waals surface area contributed by atoms with Gasteiger partial charge in [-0.3, -0.25) is 9.69 Å². The average molecular weight is 271 g/mol. The summed E-state index contributed by atoms with van der Waals surface area (Å²) < 4.78 is 0. The molecular formula is C18H25NO. The number of carbonyl (C=O) groups is 1. The minimum atomic E-state index is 0.376. The fraction of sp³-hybridized carbons (Fsp3) is 0.611. The van der Waals surface area contributed by atoms with Crippen molar-refractivity contribution >= 4 is 5.78 Å². The summed E-state index contributed by atoms with van der Waals surface area (Å²) in [6, 6.07) is 10.8. The van der Waals surface area contributed by atoms with E-state index in [0.717, 1.165) is 18.0 Å². The number of rotatable bonds is 5. The molecule has 1 saturated carbocycles. The predicted molar refractivity (Wildman–Crippen MR) is 81.7 cm³/mol. The summed E-state index contributed by atoms with van der Waals surface area (Å²) in [5.41, 5.74) is 1.15. The maximum Gasteiger partial charge on any atom is 0.151 e. The zero-order chi connectivity index (χ0) is 13.8. The van der Waals surface area contributed by atoms with Gasteiger partial charge >= 0.3 is 0 Å². The highest BCUT2D eigenvalue weighted by Gasteiger charge is 2.33. The number of Topliss-reactive ketones (excluding diaryl/α,β-unsaturated/α-hetero) is 1. The number of carbonyl (C=O) groups excluding carboxylic acids is 1. The van der Waals surface area contributed by atoms with Gasteiger partial charge in [-0.1, -0.05) is 43.2 Å². The highest BCUT2D eigenvalue weighted by Crippen LogP contribution is 2.35. The van der Waals surface area contributed by atoms with Gasteiger partial charge < -0.3 is 0 Å². The summed E-state index contributed by atoms with van der Waals surface area (Å²) in [4.78, 5) is 14.8. The van der Waals surface area contributed by atoms with Gasteiger partial charge in [0.15, 0.2) is 5.78 Å². The van der Waals surface area contributed by atoms with Crippen LogP contribution in [0, 0.1) is 5.92 Å². The van der Waals surface area contributed by atoms with Gasteiger partial charge in [0.1, 0.15) is 0 Å². The summed E-state index contributed by atoms with van der Waals surface area (Å²) >= 11 is 0. The molecule has 2 aliphatic rings. The summed E-state index contributed by atoms with van der Waals surface area (Å²) in [5.74, 6) is 1.24. The molecule has 0 spiro atoms. The fourth-order valence-corrected chi connectivity index (χ4v) is 4.03. The van der Waals surface area contributed by atoms with Crippen LogP contribution >= 0.6 is 0 Å². The minimum absolute atomic E-state index is 0.376. The molecule has 2 fully saturated rings. The van der Waals surface area contributed by atoms with Crippen LogP contribution in [0.2, 0.25) is 0 Å². The maximum absolute atomic E-state index is 12.3. The Hall–Kier alpha value is -1.15. The van der Waals surface area contributed by atoms with Crippen LogP contribution in [0.5, 0.6) is 0 Å². The monoisotopic (exact) mass is 271 g/mol. The second-order valence-electron chi connectivity index (χ2n) is 6.43. The quantitative estimate of drug-likeness (QED) is 0.817. The molecule has 0 bridgehead atoms. The Morgan fingerprint density at radius 1 is 1.05 bits per heavy atom. The van der Waals surface area contributed by atoms with Crippen LogP contribution in [0.4, 0.5) is 0 Å². The Bertz CT molecular complexity index is 436. The molecule has 1 aromatic carbocycles. The van der Waals surface area contributed by atoms with Crippen LogP contribution in [-0.4, -0.2) is 29.8 Å². The van der Waals surface area contributed by atoms with Crippen molar-refractivity contribution < 1.29 is 4.79 Å². The van der Waals surface area contributed by atoms with Crippen molar-refractivity contribution in [3.63, 3.8) is 0 Å². The molecular weight excluding hydrogens is 246 g/mol. The van der Waals surface area contributed by atoms with E-state index in [1.807, 2.05) is 18.2 Å². The lowest BCUT2D eigenvalue weighted by molar-refractivity contribution is -0.120. The van der Waals surface area contributed by atoms with E-state index in [0.29, 0.717) is 24.8 Å². The van der Waals surface area contributed by atoms with E-state index in [-0.39, 0.29) is 0 Å². The molecule has 1 aliphatic carbocycles. The van der Waals surface area contributed by atoms with E-state index < -0.39 is 0 Å². The van der Waals surface area contributed by atoms with Crippen LogP contribution in [0.1, 0.15) is 44.1 Å². The number of benzene rings is 1. The van der Waals surface area contributed by atoms with Crippen LogP contribution < -0.4 is 0 Å². The van der Waals surface area contributed by atoms with E-state index in [2.05, 4.69) is 17.0 Å². The Morgan fingerprint density at radius 2 is 1.80 bits per heavy atom. The molecule has 2 heteroatoms. The lowest BCUT2D eigenvalue weighted by atomic mass is 9.96. The van der Waals surface area contributed by atoms with Crippen molar-refractivity contribution in [3.05, 3.63) is 35.9 Å². The molecule has 1 aliphatic heterocycles. The Morgan fingerprint density at radius 3 is 2.55 bits per heavy atom. The van der Waals surface area contributed by atoms with Gasteiger partial charge in [0.05, 0.1) is 6.54 Å². The zero-order valence-corrected chi connectivity index (χ0v) is 12.3. The molecule has 1 unspecified atom stereocenters. The van der Waals surface area contributed by atoms with E-state index in [1.165, 1.54) is 38.5 Å². The van der Waals surface area contributed by atoms with Gasteiger partial charge in [-0.2, -0.15) is 0 Å². The van der Waals surface area contributed by atoms with Crippen LogP contribution in [-0.2, 0) is 11.2 Å². The van der Waals surface area contributed by atoms with Gasteiger partial charge in [-0.25, -0.2) is 0 Å². The van der Waals surface area contributed by atoms with Crippen molar-refractivity contribution in [1.82, 2.24) is 4.90 Å². The van der Waals surface area contributed by atoms with E-state index in [4.69, 9.17) is 0 Å². The molecule has 0 aromatic heterocycles. The molecule has 108 valence electrons. The number of nitrogens with zero attached hydrogens (tertiary/aromatic N) is 1. The van der Waals surface area contributed by atoms with E-state index in [1.54, 1.807) is 0 Å². The predicted octanol–water partition coefficient (Wildman–Crippen LogP) is 3.45. The van der Waals surface area contributed by atoms with Crippen LogP contribution in [0.15, 0.2) is 30.3 Å². The van der Waals surface area contributed by atoms with Crippen molar-refractivity contribution in [2.24, 2.45) is 5.92 Å². The van der Waals surface area contributed by atoms with Gasteiger partial charge in [0, 0.05) is 12.5 Å². The molecule has 1 heterocycles. The lowest BCUT2D eigenvalue weighted by Crippen LogP contribution is -2.38. The molecule has 1 saturated heterocycles. The Balaban J connectivity index is 1.55. The van der Waals surface area contributed by atoms with Crippen LogP contribution in [0.25, 0.3) is 0 Å². The Kier molecular flexibility index (Phi) is 4.51. The smallest absolute Gasteiger partial charge is 0.151 e. The summed E-state index contributed by atoms with van der Waals surface area (Å²) in [5, 5.41) is 0. The number of hydrogen-bond acceptors (Lipinski definition) is 2. The molecule has 1 atom stereocenters. The third-order valence-corrected chi connectivity index (χ3v) is 4.98. The topological polar surface area (TPSA) is 20.3 Å². The summed E-state index contributed by atoms with van der Waals surface area (Å²) in [6.45, 7) is 1.79. The first-order valence-corrected chi connectivity index (χ1v) is 8.12. The van der Waals surface area contributed by atoms with E-state index >= 15 is 0 Å². The van der Waals surface area contributed by atoms with Gasteiger partial charge in [0.25, 0.3) is 0 Å². The first kappa shape index (κ1) is 13.8. The normalized spacial score (nSPS) is 24.3. The number of hydrogen-bond donors (Lipinski definition) is 0. The Labute approximate surface area is 122 Å². The van der Waals surface area contributed by atoms with Gasteiger partial charge in [-0.05, 0) is 43.7 Å². The molecule has 0 N–H and O–H groups in total. The van der Waals surface area contributed by atoms with Crippen molar-refractivity contribution in [1.29, 1.82) is 0 Å². The SMILES string of the molecule is O=C(Cc1ccccc1)CN1CCCC1C1CCCC1.